The molecule has 1 unspecified atom stereocenters. The van der Waals surface area contributed by atoms with Crippen molar-refractivity contribution in [3.63, 3.8) is 0 Å². The Morgan fingerprint density at radius 1 is 1.53 bits per heavy atom. The number of hydrogen-bond acceptors (Lipinski definition) is 5. The SMILES string of the molecule is O=C(O)C1CNCCN1S(=O)(=O)c1cncc(F)c1. The van der Waals surface area contributed by atoms with Gasteiger partial charge in [0.05, 0.1) is 6.20 Å². The lowest BCUT2D eigenvalue weighted by atomic mass is 10.2. The van der Waals surface area contributed by atoms with Gasteiger partial charge in [0, 0.05) is 25.8 Å². The van der Waals surface area contributed by atoms with Crippen LogP contribution in [0.1, 0.15) is 0 Å². The van der Waals surface area contributed by atoms with Crippen LogP contribution in [-0.2, 0) is 14.8 Å². The van der Waals surface area contributed by atoms with Crippen molar-refractivity contribution >= 4 is 16.0 Å². The average molecular weight is 289 g/mol. The minimum Gasteiger partial charge on any atom is -0.480 e. The number of piperazine rings is 1. The highest BCUT2D eigenvalue weighted by Crippen LogP contribution is 2.19. The molecule has 2 N–H and O–H groups in total. The third-order valence-corrected chi connectivity index (χ3v) is 4.64. The molecule has 19 heavy (non-hydrogen) atoms. The predicted molar refractivity (Wildman–Crippen MR) is 62.4 cm³/mol. The maximum absolute atomic E-state index is 13.0. The second kappa shape index (κ2) is 5.19. The van der Waals surface area contributed by atoms with E-state index in [1.54, 1.807) is 0 Å². The van der Waals surface area contributed by atoms with Crippen LogP contribution in [0.2, 0.25) is 0 Å². The molecule has 0 aliphatic carbocycles. The van der Waals surface area contributed by atoms with Crippen LogP contribution in [0.15, 0.2) is 23.4 Å². The number of hydrogen-bond donors (Lipinski definition) is 2. The van der Waals surface area contributed by atoms with Gasteiger partial charge < -0.3 is 10.4 Å². The van der Waals surface area contributed by atoms with E-state index in [4.69, 9.17) is 5.11 Å². The molecule has 1 fully saturated rings. The average Bonchev–Trinajstić information content (AvgIpc) is 2.38. The van der Waals surface area contributed by atoms with Gasteiger partial charge in [-0.1, -0.05) is 0 Å². The molecule has 0 saturated carbocycles. The molecular weight excluding hydrogens is 277 g/mol. The summed E-state index contributed by atoms with van der Waals surface area (Å²) in [4.78, 5) is 14.2. The number of carbonyl (C=O) groups is 1. The second-order valence-corrected chi connectivity index (χ2v) is 5.90. The zero-order chi connectivity index (χ0) is 14.0. The number of aliphatic carboxylic acids is 1. The monoisotopic (exact) mass is 289 g/mol. The van der Waals surface area contributed by atoms with Crippen LogP contribution in [0.5, 0.6) is 0 Å². The molecule has 1 atom stereocenters. The fraction of sp³-hybridized carbons (Fsp3) is 0.400. The van der Waals surface area contributed by atoms with Crippen LogP contribution < -0.4 is 5.32 Å². The molecule has 104 valence electrons. The van der Waals surface area contributed by atoms with Gasteiger partial charge in [0.25, 0.3) is 0 Å². The Morgan fingerprint density at radius 2 is 2.26 bits per heavy atom. The first-order valence-corrected chi connectivity index (χ1v) is 6.93. The second-order valence-electron chi connectivity index (χ2n) is 4.01. The maximum atomic E-state index is 13.0. The number of pyridine rings is 1. The lowest BCUT2D eigenvalue weighted by molar-refractivity contribution is -0.141. The number of nitrogens with one attached hydrogen (secondary N) is 1. The van der Waals surface area contributed by atoms with Crippen LogP contribution in [0.3, 0.4) is 0 Å². The van der Waals surface area contributed by atoms with Gasteiger partial charge in [-0.2, -0.15) is 4.31 Å². The minimum absolute atomic E-state index is 0.00974. The van der Waals surface area contributed by atoms with E-state index in [1.807, 2.05) is 0 Å². The largest absolute Gasteiger partial charge is 0.480 e. The van der Waals surface area contributed by atoms with Crippen molar-refractivity contribution < 1.29 is 22.7 Å². The molecule has 1 aliphatic heterocycles. The van der Waals surface area contributed by atoms with Gasteiger partial charge in [0.2, 0.25) is 10.0 Å². The van der Waals surface area contributed by atoms with Crippen molar-refractivity contribution in [3.8, 4) is 0 Å². The summed E-state index contributed by atoms with van der Waals surface area (Å²) in [6, 6.07) is -0.384. The van der Waals surface area contributed by atoms with Crippen molar-refractivity contribution in [1.82, 2.24) is 14.6 Å². The Kier molecular flexibility index (Phi) is 3.78. The van der Waals surface area contributed by atoms with E-state index in [1.165, 1.54) is 0 Å². The first-order valence-electron chi connectivity index (χ1n) is 5.49. The van der Waals surface area contributed by atoms with Crippen LogP contribution in [0.25, 0.3) is 0 Å². The molecule has 0 radical (unpaired) electrons. The molecule has 1 aromatic heterocycles. The lowest BCUT2D eigenvalue weighted by Gasteiger charge is -2.32. The summed E-state index contributed by atoms with van der Waals surface area (Å²) in [6.45, 7) is 0.360. The molecule has 1 saturated heterocycles. The molecule has 0 aromatic carbocycles. The summed E-state index contributed by atoms with van der Waals surface area (Å²) >= 11 is 0. The number of rotatable bonds is 3. The van der Waals surface area contributed by atoms with E-state index in [9.17, 15) is 17.6 Å². The Balaban J connectivity index is 2.40. The summed E-state index contributed by atoms with van der Waals surface area (Å²) in [5.41, 5.74) is 0. The van der Waals surface area contributed by atoms with Gasteiger partial charge in [0.15, 0.2) is 0 Å². The van der Waals surface area contributed by atoms with Gasteiger partial charge in [-0.3, -0.25) is 9.78 Å². The quantitative estimate of drug-likeness (QED) is 0.761. The molecule has 2 rings (SSSR count). The highest BCUT2D eigenvalue weighted by atomic mass is 32.2. The summed E-state index contributed by atoms with van der Waals surface area (Å²) in [7, 11) is -4.07. The van der Waals surface area contributed by atoms with E-state index in [0.717, 1.165) is 22.8 Å². The molecule has 0 bridgehead atoms. The Labute approximate surface area is 109 Å². The maximum Gasteiger partial charge on any atom is 0.323 e. The van der Waals surface area contributed by atoms with Crippen molar-refractivity contribution in [2.45, 2.75) is 10.9 Å². The molecular formula is C10H12FN3O4S. The number of aromatic nitrogens is 1. The number of sulfonamides is 1. The zero-order valence-corrected chi connectivity index (χ0v) is 10.6. The summed E-state index contributed by atoms with van der Waals surface area (Å²) in [5.74, 6) is -2.04. The normalized spacial score (nSPS) is 21.2. The Hall–Kier alpha value is -1.58. The summed E-state index contributed by atoms with van der Waals surface area (Å²) in [6.07, 6.45) is 1.88. The minimum atomic E-state index is -4.07. The number of nitrogens with zero attached hydrogens (tertiary/aromatic N) is 2. The van der Waals surface area contributed by atoms with E-state index < -0.39 is 27.9 Å². The molecule has 7 nitrogen and oxygen atoms in total. The van der Waals surface area contributed by atoms with Crippen molar-refractivity contribution in [1.29, 1.82) is 0 Å². The summed E-state index contributed by atoms with van der Waals surface area (Å²) < 4.78 is 38.5. The van der Waals surface area contributed by atoms with Crippen molar-refractivity contribution in [2.75, 3.05) is 19.6 Å². The molecule has 9 heteroatoms. The molecule has 2 heterocycles. The van der Waals surface area contributed by atoms with Crippen LogP contribution >= 0.6 is 0 Å². The third-order valence-electron chi connectivity index (χ3n) is 2.77. The Morgan fingerprint density at radius 3 is 2.89 bits per heavy atom. The molecule has 0 spiro atoms. The van der Waals surface area contributed by atoms with E-state index >= 15 is 0 Å². The number of carboxylic acids is 1. The van der Waals surface area contributed by atoms with Gasteiger partial charge in [-0.05, 0) is 6.07 Å². The zero-order valence-electron chi connectivity index (χ0n) is 9.78. The molecule has 1 aromatic rings. The van der Waals surface area contributed by atoms with Crippen molar-refractivity contribution in [3.05, 3.63) is 24.3 Å². The Bertz CT molecular complexity index is 592. The number of carboxylic acid groups (broad SMARTS) is 1. The fourth-order valence-corrected chi connectivity index (χ4v) is 3.41. The van der Waals surface area contributed by atoms with Crippen LogP contribution in [0, 0.1) is 5.82 Å². The topological polar surface area (TPSA) is 99.6 Å². The highest BCUT2D eigenvalue weighted by molar-refractivity contribution is 7.89. The molecule has 0 amide bonds. The fourth-order valence-electron chi connectivity index (χ4n) is 1.85. The lowest BCUT2D eigenvalue weighted by Crippen LogP contribution is -2.56. The number of halogens is 1. The van der Waals surface area contributed by atoms with E-state index in [2.05, 4.69) is 10.3 Å². The molecule has 1 aliphatic rings. The summed E-state index contributed by atoms with van der Waals surface area (Å²) in [5, 5.41) is 11.8. The predicted octanol–water partition coefficient (Wildman–Crippen LogP) is -0.732. The van der Waals surface area contributed by atoms with Gasteiger partial charge in [0.1, 0.15) is 16.8 Å². The standard InChI is InChI=1S/C10H12FN3O4S/c11-7-3-8(5-13-4-7)19(17,18)14-2-1-12-6-9(14)10(15)16/h3-5,9,12H,1-2,6H2,(H,15,16). The van der Waals surface area contributed by atoms with Gasteiger partial charge in [-0.25, -0.2) is 12.8 Å². The first-order chi connectivity index (χ1) is 8.93. The van der Waals surface area contributed by atoms with Crippen molar-refractivity contribution in [2.24, 2.45) is 0 Å². The van der Waals surface area contributed by atoms with Gasteiger partial charge in [-0.15, -0.1) is 0 Å². The first kappa shape index (κ1) is 13.8. The highest BCUT2D eigenvalue weighted by Gasteiger charge is 2.37. The third kappa shape index (κ3) is 2.72. The van der Waals surface area contributed by atoms with E-state index in [-0.39, 0.29) is 18.0 Å². The van der Waals surface area contributed by atoms with Crippen LogP contribution in [-0.4, -0.2) is 54.5 Å². The van der Waals surface area contributed by atoms with E-state index in [0.29, 0.717) is 6.54 Å². The smallest absolute Gasteiger partial charge is 0.323 e. The van der Waals surface area contributed by atoms with Gasteiger partial charge >= 0.3 is 5.97 Å². The van der Waals surface area contributed by atoms with Crippen LogP contribution in [0.4, 0.5) is 4.39 Å².